The van der Waals surface area contributed by atoms with Gasteiger partial charge in [0.2, 0.25) is 5.91 Å². The molecule has 1 amide bonds. The van der Waals surface area contributed by atoms with Crippen LogP contribution in [-0.4, -0.2) is 79.2 Å². The summed E-state index contributed by atoms with van der Waals surface area (Å²) in [5, 5.41) is 16.4. The summed E-state index contributed by atoms with van der Waals surface area (Å²) in [6, 6.07) is 0. The summed E-state index contributed by atoms with van der Waals surface area (Å²) in [6.07, 6.45) is -14.6. The lowest BCUT2D eigenvalue weighted by atomic mass is 9.99. The molecule has 28 heavy (non-hydrogen) atoms. The predicted molar refractivity (Wildman–Crippen MR) is 88.9 cm³/mol. The third-order valence-electron chi connectivity index (χ3n) is 3.32. The minimum Gasteiger partial charge on any atom is -0.480 e. The highest BCUT2D eigenvalue weighted by Crippen LogP contribution is 2.49. The maximum atomic E-state index is 13.4. The largest absolute Gasteiger partial charge is 0.480 e. The SMILES string of the molecule is O=C(O)CNCCNCCNC(=O)CSCCCC(F)(C(F)(F)F)C(F)(F)F. The normalized spacial score (nSPS) is 12.8. The molecule has 0 aliphatic heterocycles. The smallest absolute Gasteiger partial charge is 0.431 e. The number of nitrogens with one attached hydrogen (secondary N) is 3. The van der Waals surface area contributed by atoms with Crippen LogP contribution in [0.3, 0.4) is 0 Å². The van der Waals surface area contributed by atoms with Crippen molar-refractivity contribution < 1.29 is 45.4 Å². The van der Waals surface area contributed by atoms with Gasteiger partial charge >= 0.3 is 18.3 Å². The third-order valence-corrected chi connectivity index (χ3v) is 4.36. The molecule has 6 nitrogen and oxygen atoms in total. The molecule has 0 bridgehead atoms. The average Bonchev–Trinajstić information content (AvgIpc) is 2.54. The zero-order valence-corrected chi connectivity index (χ0v) is 15.5. The average molecular weight is 445 g/mol. The van der Waals surface area contributed by atoms with E-state index in [-0.39, 0.29) is 24.6 Å². The van der Waals surface area contributed by atoms with Gasteiger partial charge in [-0.15, -0.1) is 0 Å². The van der Waals surface area contributed by atoms with Gasteiger partial charge in [-0.05, 0) is 12.2 Å². The molecule has 0 aliphatic carbocycles. The molecule has 0 aromatic carbocycles. The Morgan fingerprint density at radius 3 is 1.93 bits per heavy atom. The number of carbonyl (C=O) groups excluding carboxylic acids is 1. The van der Waals surface area contributed by atoms with Crippen LogP contribution in [0.5, 0.6) is 0 Å². The highest BCUT2D eigenvalue weighted by molar-refractivity contribution is 7.99. The molecule has 0 rings (SSSR count). The number of thioether (sulfide) groups is 1. The number of alkyl halides is 7. The van der Waals surface area contributed by atoms with E-state index >= 15 is 0 Å². The molecular formula is C14H22F7N3O3S. The number of hydrogen-bond donors (Lipinski definition) is 4. The summed E-state index contributed by atoms with van der Waals surface area (Å²) in [4.78, 5) is 21.7. The summed E-state index contributed by atoms with van der Waals surface area (Å²) in [6.45, 7) is 1.30. The van der Waals surface area contributed by atoms with Crippen LogP contribution in [0.15, 0.2) is 0 Å². The van der Waals surface area contributed by atoms with E-state index in [4.69, 9.17) is 5.11 Å². The number of halogens is 7. The minimum absolute atomic E-state index is 0.175. The second kappa shape index (κ2) is 12.3. The van der Waals surface area contributed by atoms with Crippen molar-refractivity contribution in [3.63, 3.8) is 0 Å². The number of aliphatic carboxylic acids is 1. The van der Waals surface area contributed by atoms with Gasteiger partial charge in [-0.25, -0.2) is 4.39 Å². The molecule has 0 spiro atoms. The lowest BCUT2D eigenvalue weighted by Crippen LogP contribution is -2.53. The first-order valence-corrected chi connectivity index (χ1v) is 9.27. The summed E-state index contributed by atoms with van der Waals surface area (Å²) < 4.78 is 87.4. The molecule has 0 atom stereocenters. The fraction of sp³-hybridized carbons (Fsp3) is 0.857. The van der Waals surface area contributed by atoms with Gasteiger partial charge in [-0.2, -0.15) is 38.1 Å². The maximum absolute atomic E-state index is 13.4. The number of carbonyl (C=O) groups is 2. The number of amides is 1. The van der Waals surface area contributed by atoms with Gasteiger partial charge < -0.3 is 21.1 Å². The number of carboxylic acids is 1. The van der Waals surface area contributed by atoms with Crippen LogP contribution < -0.4 is 16.0 Å². The Balaban J connectivity index is 3.83. The second-order valence-electron chi connectivity index (χ2n) is 5.62. The van der Waals surface area contributed by atoms with E-state index in [0.29, 0.717) is 19.6 Å². The predicted octanol–water partition coefficient (Wildman–Crippen LogP) is 1.71. The summed E-state index contributed by atoms with van der Waals surface area (Å²) >= 11 is 0.801. The number of hydrogen-bond acceptors (Lipinski definition) is 5. The van der Waals surface area contributed by atoms with Crippen LogP contribution in [0.2, 0.25) is 0 Å². The molecule has 0 aromatic heterocycles. The van der Waals surface area contributed by atoms with Gasteiger partial charge in [0.1, 0.15) is 0 Å². The quantitative estimate of drug-likeness (QED) is 0.241. The van der Waals surface area contributed by atoms with Crippen molar-refractivity contribution in [2.45, 2.75) is 30.9 Å². The molecular weight excluding hydrogens is 423 g/mol. The van der Waals surface area contributed by atoms with Crippen LogP contribution >= 0.6 is 11.8 Å². The second-order valence-corrected chi connectivity index (χ2v) is 6.73. The monoisotopic (exact) mass is 445 g/mol. The molecule has 0 heterocycles. The fourth-order valence-corrected chi connectivity index (χ4v) is 2.65. The van der Waals surface area contributed by atoms with Crippen molar-refractivity contribution in [1.82, 2.24) is 16.0 Å². The Morgan fingerprint density at radius 2 is 1.39 bits per heavy atom. The van der Waals surface area contributed by atoms with E-state index in [0.717, 1.165) is 11.8 Å². The van der Waals surface area contributed by atoms with Crippen LogP contribution in [-0.2, 0) is 9.59 Å². The summed E-state index contributed by atoms with van der Waals surface area (Å²) in [7, 11) is 0. The van der Waals surface area contributed by atoms with Crippen molar-refractivity contribution in [2.24, 2.45) is 0 Å². The topological polar surface area (TPSA) is 90.5 Å². The van der Waals surface area contributed by atoms with E-state index < -0.39 is 42.7 Å². The molecule has 0 unspecified atom stereocenters. The molecule has 14 heteroatoms. The third kappa shape index (κ3) is 10.3. The number of rotatable bonds is 14. The van der Waals surface area contributed by atoms with Gasteiger partial charge in [0.05, 0.1) is 12.3 Å². The molecule has 0 saturated carbocycles. The van der Waals surface area contributed by atoms with Gasteiger partial charge in [0, 0.05) is 32.6 Å². The summed E-state index contributed by atoms with van der Waals surface area (Å²) in [5.41, 5.74) is -5.26. The Bertz CT molecular complexity index is 476. The zero-order valence-electron chi connectivity index (χ0n) is 14.7. The summed E-state index contributed by atoms with van der Waals surface area (Å²) in [5.74, 6) is -1.87. The van der Waals surface area contributed by atoms with E-state index in [1.54, 1.807) is 0 Å². The standard InChI is InChI=1S/C14H22F7N3O3S/c15-12(13(16,17)18,14(19,20)21)2-1-7-28-9-10(25)24-6-5-22-3-4-23-8-11(26)27/h22-23H,1-9H2,(H,24,25)(H,26,27). The van der Waals surface area contributed by atoms with Crippen LogP contribution in [0.1, 0.15) is 12.8 Å². The van der Waals surface area contributed by atoms with Crippen LogP contribution in [0, 0.1) is 0 Å². The molecule has 0 saturated heterocycles. The first-order chi connectivity index (χ1) is 12.8. The Hall–Kier alpha value is -1.28. The van der Waals surface area contributed by atoms with E-state index in [1.807, 2.05) is 0 Å². The number of carboxylic acid groups (broad SMARTS) is 1. The van der Waals surface area contributed by atoms with Crippen molar-refractivity contribution in [3.05, 3.63) is 0 Å². The van der Waals surface area contributed by atoms with E-state index in [1.165, 1.54) is 0 Å². The van der Waals surface area contributed by atoms with Crippen molar-refractivity contribution in [2.75, 3.05) is 44.2 Å². The highest BCUT2D eigenvalue weighted by Gasteiger charge is 2.71. The Labute approximate surface area is 161 Å². The zero-order chi connectivity index (χ0) is 21.8. The van der Waals surface area contributed by atoms with Crippen LogP contribution in [0.4, 0.5) is 30.7 Å². The first kappa shape index (κ1) is 26.7. The Morgan fingerprint density at radius 1 is 0.857 bits per heavy atom. The first-order valence-electron chi connectivity index (χ1n) is 8.11. The molecule has 0 radical (unpaired) electrons. The highest BCUT2D eigenvalue weighted by atomic mass is 32.2. The van der Waals surface area contributed by atoms with Crippen molar-refractivity contribution in [3.8, 4) is 0 Å². The molecule has 0 fully saturated rings. The van der Waals surface area contributed by atoms with Gasteiger partial charge in [0.25, 0.3) is 5.67 Å². The molecule has 0 aromatic rings. The fourth-order valence-electron chi connectivity index (χ4n) is 1.87. The molecule has 0 aliphatic rings. The van der Waals surface area contributed by atoms with Crippen molar-refractivity contribution in [1.29, 1.82) is 0 Å². The van der Waals surface area contributed by atoms with Crippen LogP contribution in [0.25, 0.3) is 0 Å². The van der Waals surface area contributed by atoms with Gasteiger partial charge in [0.15, 0.2) is 0 Å². The minimum atomic E-state index is -6.05. The Kier molecular flexibility index (Phi) is 11.8. The lowest BCUT2D eigenvalue weighted by molar-refractivity contribution is -0.343. The molecule has 4 N–H and O–H groups in total. The van der Waals surface area contributed by atoms with E-state index in [9.17, 15) is 40.3 Å². The van der Waals surface area contributed by atoms with Crippen molar-refractivity contribution >= 4 is 23.6 Å². The van der Waals surface area contributed by atoms with Gasteiger partial charge in [-0.1, -0.05) is 0 Å². The lowest BCUT2D eigenvalue weighted by Gasteiger charge is -2.29. The van der Waals surface area contributed by atoms with E-state index in [2.05, 4.69) is 16.0 Å². The maximum Gasteiger partial charge on any atom is 0.431 e. The molecule has 166 valence electrons. The van der Waals surface area contributed by atoms with Gasteiger partial charge in [-0.3, -0.25) is 9.59 Å².